The molecule has 136 valence electrons. The number of nitrogens with zero attached hydrogens (tertiary/aromatic N) is 1. The van der Waals surface area contributed by atoms with Crippen LogP contribution in [-0.4, -0.2) is 25.5 Å². The van der Waals surface area contributed by atoms with Crippen LogP contribution in [0.25, 0.3) is 0 Å². The molecule has 0 atom stereocenters. The van der Waals surface area contributed by atoms with Crippen LogP contribution in [0.1, 0.15) is 51.5 Å². The summed E-state index contributed by atoms with van der Waals surface area (Å²) in [6, 6.07) is 7.89. The molecule has 24 heavy (non-hydrogen) atoms. The first-order chi connectivity index (χ1) is 11.2. The Morgan fingerprint density at radius 1 is 1.12 bits per heavy atom. The van der Waals surface area contributed by atoms with E-state index in [9.17, 15) is 4.79 Å². The summed E-state index contributed by atoms with van der Waals surface area (Å²) in [6.07, 6.45) is 4.99. The summed E-state index contributed by atoms with van der Waals surface area (Å²) in [6.45, 7) is 5.80. The number of rotatable bonds is 9. The number of halogens is 1. The van der Waals surface area contributed by atoms with Crippen LogP contribution in [0.3, 0.4) is 0 Å². The molecule has 0 aliphatic carbocycles. The molecule has 1 rings (SSSR count). The van der Waals surface area contributed by atoms with Crippen LogP contribution in [0.4, 0.5) is 5.69 Å². The maximum Gasteiger partial charge on any atom is 0.224 e. The number of anilines is 1. The Morgan fingerprint density at radius 2 is 1.92 bits per heavy atom. The first-order valence-corrected chi connectivity index (χ1v) is 8.52. The Labute approximate surface area is 163 Å². The van der Waals surface area contributed by atoms with Gasteiger partial charge in [0.05, 0.1) is 0 Å². The smallest absolute Gasteiger partial charge is 0.224 e. The Morgan fingerprint density at radius 3 is 2.58 bits per heavy atom. The predicted octanol–water partition coefficient (Wildman–Crippen LogP) is 3.90. The SMILES string of the molecule is CCCCCNC(=NC)NCc1cccc(NC(=O)CCC)c1.I. The Balaban J connectivity index is 0.00000529. The van der Waals surface area contributed by atoms with Gasteiger partial charge in [-0.3, -0.25) is 9.79 Å². The summed E-state index contributed by atoms with van der Waals surface area (Å²) in [4.78, 5) is 15.9. The van der Waals surface area contributed by atoms with Crippen LogP contribution in [-0.2, 0) is 11.3 Å². The zero-order valence-corrected chi connectivity index (χ0v) is 17.4. The van der Waals surface area contributed by atoms with Crippen molar-refractivity contribution in [2.45, 2.75) is 52.5 Å². The van der Waals surface area contributed by atoms with Crippen LogP contribution in [0, 0.1) is 0 Å². The fraction of sp³-hybridized carbons (Fsp3) is 0.556. The van der Waals surface area contributed by atoms with E-state index in [0.717, 1.165) is 36.6 Å². The average molecular weight is 446 g/mol. The van der Waals surface area contributed by atoms with Crippen molar-refractivity contribution in [1.29, 1.82) is 0 Å². The van der Waals surface area contributed by atoms with Gasteiger partial charge in [0.25, 0.3) is 0 Å². The number of amides is 1. The molecule has 0 fully saturated rings. The number of hydrogen-bond donors (Lipinski definition) is 3. The van der Waals surface area contributed by atoms with Crippen LogP contribution in [0.5, 0.6) is 0 Å². The first kappa shape index (κ1) is 22.7. The molecule has 1 amide bonds. The fourth-order valence-corrected chi connectivity index (χ4v) is 2.20. The molecule has 3 N–H and O–H groups in total. The van der Waals surface area contributed by atoms with E-state index < -0.39 is 0 Å². The summed E-state index contributed by atoms with van der Waals surface area (Å²) in [7, 11) is 1.77. The Bertz CT molecular complexity index is 506. The first-order valence-electron chi connectivity index (χ1n) is 8.52. The molecule has 0 bridgehead atoms. The maximum absolute atomic E-state index is 11.7. The number of carbonyl (C=O) groups is 1. The minimum Gasteiger partial charge on any atom is -0.356 e. The second-order valence-corrected chi connectivity index (χ2v) is 5.56. The number of guanidine groups is 1. The zero-order chi connectivity index (χ0) is 16.9. The van der Waals surface area contributed by atoms with Crippen LogP contribution in [0.2, 0.25) is 0 Å². The third-order valence-corrected chi connectivity index (χ3v) is 3.44. The van der Waals surface area contributed by atoms with E-state index in [1.54, 1.807) is 7.05 Å². The van der Waals surface area contributed by atoms with Gasteiger partial charge in [-0.1, -0.05) is 38.8 Å². The van der Waals surface area contributed by atoms with E-state index >= 15 is 0 Å². The molecule has 1 aromatic carbocycles. The van der Waals surface area contributed by atoms with Gasteiger partial charge in [-0.05, 0) is 30.5 Å². The quantitative estimate of drug-likeness (QED) is 0.233. The predicted molar refractivity (Wildman–Crippen MR) is 113 cm³/mol. The van der Waals surface area contributed by atoms with Crippen molar-refractivity contribution < 1.29 is 4.79 Å². The molecule has 0 saturated carbocycles. The monoisotopic (exact) mass is 446 g/mol. The van der Waals surface area contributed by atoms with E-state index in [0.29, 0.717) is 13.0 Å². The van der Waals surface area contributed by atoms with Crippen LogP contribution in [0.15, 0.2) is 29.3 Å². The zero-order valence-electron chi connectivity index (χ0n) is 15.0. The van der Waals surface area contributed by atoms with E-state index in [4.69, 9.17) is 0 Å². The third kappa shape index (κ3) is 9.75. The van der Waals surface area contributed by atoms with Crippen LogP contribution >= 0.6 is 24.0 Å². The molecule has 0 radical (unpaired) electrons. The molecular formula is C18H31IN4O. The second kappa shape index (κ2) is 14.1. The van der Waals surface area contributed by atoms with Crippen LogP contribution < -0.4 is 16.0 Å². The Hall–Kier alpha value is -1.31. The van der Waals surface area contributed by atoms with Crippen molar-refractivity contribution in [3.8, 4) is 0 Å². The minimum absolute atomic E-state index is 0. The molecule has 0 spiro atoms. The van der Waals surface area contributed by atoms with E-state index in [2.05, 4.69) is 27.9 Å². The van der Waals surface area contributed by atoms with Gasteiger partial charge >= 0.3 is 0 Å². The van der Waals surface area contributed by atoms with E-state index in [-0.39, 0.29) is 29.9 Å². The van der Waals surface area contributed by atoms with Crippen molar-refractivity contribution in [3.63, 3.8) is 0 Å². The van der Waals surface area contributed by atoms with Crippen molar-refractivity contribution >= 4 is 41.5 Å². The molecule has 1 aromatic rings. The molecule has 6 heteroatoms. The van der Waals surface area contributed by atoms with Crippen molar-refractivity contribution in [2.75, 3.05) is 18.9 Å². The van der Waals surface area contributed by atoms with Gasteiger partial charge in [-0.2, -0.15) is 0 Å². The summed E-state index contributed by atoms with van der Waals surface area (Å²) < 4.78 is 0. The van der Waals surface area contributed by atoms with E-state index in [1.807, 2.05) is 31.2 Å². The molecular weight excluding hydrogens is 415 g/mol. The molecule has 0 aromatic heterocycles. The van der Waals surface area contributed by atoms with Gasteiger partial charge in [0.15, 0.2) is 5.96 Å². The summed E-state index contributed by atoms with van der Waals surface area (Å²) in [5.74, 6) is 0.868. The fourth-order valence-electron chi connectivity index (χ4n) is 2.20. The third-order valence-electron chi connectivity index (χ3n) is 3.44. The molecule has 0 heterocycles. The number of unbranched alkanes of at least 4 members (excludes halogenated alkanes) is 2. The standard InChI is InChI=1S/C18H30N4O.HI/c1-4-6-7-12-20-18(19-3)21-14-15-10-8-11-16(13-15)22-17(23)9-5-2;/h8,10-11,13H,4-7,9,12,14H2,1-3H3,(H,22,23)(H2,19,20,21);1H. The number of hydrogen-bond acceptors (Lipinski definition) is 2. The molecule has 0 unspecified atom stereocenters. The molecule has 5 nitrogen and oxygen atoms in total. The summed E-state index contributed by atoms with van der Waals surface area (Å²) >= 11 is 0. The van der Waals surface area contributed by atoms with Gasteiger partial charge in [0.1, 0.15) is 0 Å². The second-order valence-electron chi connectivity index (χ2n) is 5.56. The lowest BCUT2D eigenvalue weighted by molar-refractivity contribution is -0.116. The number of aliphatic imine (C=N–C) groups is 1. The average Bonchev–Trinajstić information content (AvgIpc) is 2.55. The van der Waals surface area contributed by atoms with Gasteiger partial charge in [0.2, 0.25) is 5.91 Å². The molecule has 0 aliphatic heterocycles. The highest BCUT2D eigenvalue weighted by Crippen LogP contribution is 2.11. The number of carbonyl (C=O) groups excluding carboxylic acids is 1. The van der Waals surface area contributed by atoms with E-state index in [1.165, 1.54) is 12.8 Å². The highest BCUT2D eigenvalue weighted by molar-refractivity contribution is 14.0. The largest absolute Gasteiger partial charge is 0.356 e. The Kier molecular flexibility index (Phi) is 13.3. The highest BCUT2D eigenvalue weighted by atomic mass is 127. The van der Waals surface area contributed by atoms with Gasteiger partial charge in [-0.25, -0.2) is 0 Å². The number of nitrogens with one attached hydrogen (secondary N) is 3. The highest BCUT2D eigenvalue weighted by Gasteiger charge is 2.02. The van der Waals surface area contributed by atoms with Gasteiger partial charge in [0, 0.05) is 32.2 Å². The molecule has 0 saturated heterocycles. The van der Waals surface area contributed by atoms with Gasteiger partial charge < -0.3 is 16.0 Å². The van der Waals surface area contributed by atoms with Crippen molar-refractivity contribution in [2.24, 2.45) is 4.99 Å². The van der Waals surface area contributed by atoms with Gasteiger partial charge in [-0.15, -0.1) is 24.0 Å². The lowest BCUT2D eigenvalue weighted by Gasteiger charge is -2.12. The lowest BCUT2D eigenvalue weighted by Crippen LogP contribution is -2.37. The van der Waals surface area contributed by atoms with Crippen molar-refractivity contribution in [1.82, 2.24) is 10.6 Å². The minimum atomic E-state index is 0. The molecule has 0 aliphatic rings. The topological polar surface area (TPSA) is 65.5 Å². The normalized spacial score (nSPS) is 10.7. The lowest BCUT2D eigenvalue weighted by atomic mass is 10.2. The summed E-state index contributed by atoms with van der Waals surface area (Å²) in [5.41, 5.74) is 1.95. The summed E-state index contributed by atoms with van der Waals surface area (Å²) in [5, 5.41) is 9.52. The number of benzene rings is 1. The van der Waals surface area contributed by atoms with Crippen molar-refractivity contribution in [3.05, 3.63) is 29.8 Å². The maximum atomic E-state index is 11.7.